The molecule has 3 aromatic rings. The normalized spacial score (nSPS) is 11.6. The van der Waals surface area contributed by atoms with Crippen molar-refractivity contribution in [1.82, 2.24) is 15.5 Å². The van der Waals surface area contributed by atoms with Gasteiger partial charge in [0.1, 0.15) is 11.8 Å². The summed E-state index contributed by atoms with van der Waals surface area (Å²) in [4.78, 5) is 28.2. The minimum atomic E-state index is -0.883. The summed E-state index contributed by atoms with van der Waals surface area (Å²) in [5.74, 6) is 0.524. The molecule has 2 aromatic carbocycles. The molecule has 1 atom stereocenters. The van der Waals surface area contributed by atoms with Gasteiger partial charge in [-0.2, -0.15) is 4.98 Å². The number of nitrogens with one attached hydrogen (secondary N) is 1. The van der Waals surface area contributed by atoms with E-state index in [9.17, 15) is 9.59 Å². The van der Waals surface area contributed by atoms with Gasteiger partial charge in [-0.05, 0) is 29.8 Å². The van der Waals surface area contributed by atoms with Gasteiger partial charge in [0.05, 0.1) is 7.11 Å². The number of nitrogens with two attached hydrogens (primary N) is 1. The van der Waals surface area contributed by atoms with Crippen LogP contribution >= 0.6 is 0 Å². The second-order valence-corrected chi connectivity index (χ2v) is 6.05. The minimum absolute atomic E-state index is 0.0842. The average Bonchev–Trinajstić information content (AvgIpc) is 3.20. The van der Waals surface area contributed by atoms with Gasteiger partial charge >= 0.3 is 0 Å². The van der Waals surface area contributed by atoms with E-state index in [1.807, 2.05) is 18.2 Å². The number of ether oxygens (including phenoxy) is 1. The molecular weight excluding hydrogens is 360 g/mol. The van der Waals surface area contributed by atoms with Crippen molar-refractivity contribution in [3.05, 3.63) is 66.1 Å². The number of methoxy groups -OCH3 is 1. The highest BCUT2D eigenvalue weighted by Crippen LogP contribution is 2.20. The highest BCUT2D eigenvalue weighted by Gasteiger charge is 2.20. The molecule has 8 nitrogen and oxygen atoms in total. The third-order valence-electron chi connectivity index (χ3n) is 4.10. The van der Waals surface area contributed by atoms with Crippen LogP contribution in [-0.4, -0.2) is 29.1 Å². The molecule has 0 aliphatic carbocycles. The van der Waals surface area contributed by atoms with E-state index in [0.717, 1.165) is 11.3 Å². The SMILES string of the molecule is COc1ccc(-c2noc(CCC(=O)NC(C(N)=O)c3ccccc3)n2)cc1. The van der Waals surface area contributed by atoms with Gasteiger partial charge in [-0.1, -0.05) is 35.5 Å². The molecule has 1 unspecified atom stereocenters. The van der Waals surface area contributed by atoms with Crippen molar-refractivity contribution in [3.63, 3.8) is 0 Å². The monoisotopic (exact) mass is 380 g/mol. The summed E-state index contributed by atoms with van der Waals surface area (Å²) >= 11 is 0. The van der Waals surface area contributed by atoms with Crippen LogP contribution in [0.2, 0.25) is 0 Å². The van der Waals surface area contributed by atoms with Gasteiger partial charge in [-0.15, -0.1) is 0 Å². The zero-order valence-corrected chi connectivity index (χ0v) is 15.3. The van der Waals surface area contributed by atoms with Crippen molar-refractivity contribution >= 4 is 11.8 Å². The van der Waals surface area contributed by atoms with Crippen LogP contribution in [0.15, 0.2) is 59.1 Å². The molecule has 0 aliphatic heterocycles. The first-order valence-corrected chi connectivity index (χ1v) is 8.67. The Labute approximate surface area is 161 Å². The molecule has 0 saturated heterocycles. The first-order valence-electron chi connectivity index (χ1n) is 8.67. The first kappa shape index (κ1) is 19.1. The van der Waals surface area contributed by atoms with E-state index in [-0.39, 0.29) is 18.7 Å². The molecule has 3 N–H and O–H groups in total. The lowest BCUT2D eigenvalue weighted by molar-refractivity contribution is -0.127. The number of hydrogen-bond acceptors (Lipinski definition) is 6. The summed E-state index contributed by atoms with van der Waals surface area (Å²) in [5, 5.41) is 6.56. The fourth-order valence-electron chi connectivity index (χ4n) is 2.63. The van der Waals surface area contributed by atoms with E-state index in [2.05, 4.69) is 15.5 Å². The van der Waals surface area contributed by atoms with Crippen LogP contribution in [0.3, 0.4) is 0 Å². The molecule has 0 spiro atoms. The summed E-state index contributed by atoms with van der Waals surface area (Å²) in [6, 6.07) is 15.2. The molecule has 0 aliphatic rings. The average molecular weight is 380 g/mol. The molecule has 0 radical (unpaired) electrons. The van der Waals surface area contributed by atoms with Gasteiger partial charge < -0.3 is 20.3 Å². The molecule has 144 valence electrons. The van der Waals surface area contributed by atoms with E-state index >= 15 is 0 Å². The Morgan fingerprint density at radius 2 is 1.86 bits per heavy atom. The molecule has 0 fully saturated rings. The van der Waals surface area contributed by atoms with Crippen LogP contribution in [0.1, 0.15) is 23.9 Å². The van der Waals surface area contributed by atoms with Crippen molar-refractivity contribution in [2.45, 2.75) is 18.9 Å². The number of aromatic nitrogens is 2. The predicted molar refractivity (Wildman–Crippen MR) is 101 cm³/mol. The number of carbonyl (C=O) groups is 2. The lowest BCUT2D eigenvalue weighted by atomic mass is 10.1. The Hall–Kier alpha value is -3.68. The molecule has 28 heavy (non-hydrogen) atoms. The van der Waals surface area contributed by atoms with Crippen LogP contribution < -0.4 is 15.8 Å². The first-order chi connectivity index (χ1) is 13.6. The lowest BCUT2D eigenvalue weighted by Gasteiger charge is -2.15. The van der Waals surface area contributed by atoms with Crippen molar-refractivity contribution in [1.29, 1.82) is 0 Å². The number of hydrogen-bond donors (Lipinski definition) is 2. The Morgan fingerprint density at radius 1 is 1.14 bits per heavy atom. The Morgan fingerprint density at radius 3 is 2.50 bits per heavy atom. The second kappa shape index (κ2) is 8.81. The fraction of sp³-hybridized carbons (Fsp3) is 0.200. The maximum Gasteiger partial charge on any atom is 0.244 e. The third kappa shape index (κ3) is 4.73. The molecule has 1 heterocycles. The van der Waals surface area contributed by atoms with Crippen molar-refractivity contribution in [2.75, 3.05) is 7.11 Å². The summed E-state index contributed by atoms with van der Waals surface area (Å²) in [5.41, 5.74) is 6.81. The van der Waals surface area contributed by atoms with Crippen LogP contribution in [0.25, 0.3) is 11.4 Å². The van der Waals surface area contributed by atoms with E-state index in [1.54, 1.807) is 43.5 Å². The number of rotatable bonds is 8. The van der Waals surface area contributed by atoms with Gasteiger partial charge in [0, 0.05) is 18.4 Å². The molecular formula is C20H20N4O4. The smallest absolute Gasteiger partial charge is 0.244 e. The fourth-order valence-corrected chi connectivity index (χ4v) is 2.63. The Bertz CT molecular complexity index is 938. The number of nitrogens with zero attached hydrogens (tertiary/aromatic N) is 2. The van der Waals surface area contributed by atoms with Crippen molar-refractivity contribution < 1.29 is 18.8 Å². The summed E-state index contributed by atoms with van der Waals surface area (Å²) in [6.07, 6.45) is 0.329. The van der Waals surface area contributed by atoms with Crippen molar-refractivity contribution in [3.8, 4) is 17.1 Å². The standard InChI is InChI=1S/C20H20N4O4/c1-27-15-9-7-14(8-10-15)20-23-17(28-24-20)12-11-16(25)22-18(19(21)26)13-5-3-2-4-6-13/h2-10,18H,11-12H2,1H3,(H2,21,26)(H,22,25). The van der Waals surface area contributed by atoms with Crippen LogP contribution in [0, 0.1) is 0 Å². The summed E-state index contributed by atoms with van der Waals surface area (Å²) in [6.45, 7) is 0. The number of primary amides is 1. The zero-order valence-electron chi connectivity index (χ0n) is 15.3. The highest BCUT2D eigenvalue weighted by atomic mass is 16.5. The van der Waals surface area contributed by atoms with E-state index < -0.39 is 11.9 Å². The van der Waals surface area contributed by atoms with Gasteiger partial charge in [0.15, 0.2) is 0 Å². The Kier molecular flexibility index (Phi) is 6.01. The number of carbonyl (C=O) groups excluding carboxylic acids is 2. The van der Waals surface area contributed by atoms with Gasteiger partial charge in [0.2, 0.25) is 23.5 Å². The second-order valence-electron chi connectivity index (χ2n) is 6.05. The third-order valence-corrected chi connectivity index (χ3v) is 4.10. The maximum atomic E-state index is 12.2. The quantitative estimate of drug-likeness (QED) is 0.617. The van der Waals surface area contributed by atoms with E-state index in [1.165, 1.54) is 0 Å². The van der Waals surface area contributed by atoms with E-state index in [4.69, 9.17) is 15.0 Å². The molecule has 0 bridgehead atoms. The lowest BCUT2D eigenvalue weighted by Crippen LogP contribution is -2.37. The summed E-state index contributed by atoms with van der Waals surface area (Å²) in [7, 11) is 1.59. The summed E-state index contributed by atoms with van der Waals surface area (Å²) < 4.78 is 10.3. The van der Waals surface area contributed by atoms with Crippen LogP contribution in [0.4, 0.5) is 0 Å². The number of aryl methyl sites for hydroxylation is 1. The van der Waals surface area contributed by atoms with Crippen LogP contribution in [0.5, 0.6) is 5.75 Å². The largest absolute Gasteiger partial charge is 0.497 e. The molecule has 0 saturated carbocycles. The minimum Gasteiger partial charge on any atom is -0.497 e. The van der Waals surface area contributed by atoms with Gasteiger partial charge in [0.25, 0.3) is 0 Å². The van der Waals surface area contributed by atoms with Crippen molar-refractivity contribution in [2.24, 2.45) is 5.73 Å². The predicted octanol–water partition coefficient (Wildman–Crippen LogP) is 2.02. The van der Waals surface area contributed by atoms with Crippen LogP contribution in [-0.2, 0) is 16.0 Å². The van der Waals surface area contributed by atoms with E-state index in [0.29, 0.717) is 17.3 Å². The number of amides is 2. The van der Waals surface area contributed by atoms with Gasteiger partial charge in [-0.25, -0.2) is 0 Å². The molecule has 2 amide bonds. The number of benzene rings is 2. The topological polar surface area (TPSA) is 120 Å². The highest BCUT2D eigenvalue weighted by molar-refractivity contribution is 5.87. The molecule has 3 rings (SSSR count). The van der Waals surface area contributed by atoms with Gasteiger partial charge in [-0.3, -0.25) is 9.59 Å². The molecule has 1 aromatic heterocycles. The maximum absolute atomic E-state index is 12.2. The zero-order chi connectivity index (χ0) is 19.9. The Balaban J connectivity index is 1.58. The molecule has 8 heteroatoms.